The third kappa shape index (κ3) is 1.63. The number of nitrogens with zero attached hydrogens (tertiary/aromatic N) is 1. The molecule has 0 atom stereocenters. The minimum absolute atomic E-state index is 0.0583. The van der Waals surface area contributed by atoms with Gasteiger partial charge >= 0.3 is 0 Å². The number of fused-ring (bicyclic) bond motifs is 1. The smallest absolute Gasteiger partial charge is 0.192 e. The molecule has 2 aromatic rings. The van der Waals surface area contributed by atoms with Crippen LogP contribution in [0.25, 0.3) is 11.1 Å². The standard InChI is InChI=1S/C12H14N2O/c1-8-14-10-3-2-9(6-11(10)15-8)7-12(13)4-5-12/h2-3,6H,4-5,7,13H2,1H3. The molecule has 1 aliphatic rings. The molecule has 1 aromatic carbocycles. The van der Waals surface area contributed by atoms with E-state index in [2.05, 4.69) is 17.1 Å². The first-order valence-corrected chi connectivity index (χ1v) is 5.30. The van der Waals surface area contributed by atoms with Crippen molar-refractivity contribution in [2.75, 3.05) is 0 Å². The Kier molecular flexibility index (Phi) is 1.68. The van der Waals surface area contributed by atoms with Crippen molar-refractivity contribution < 1.29 is 4.42 Å². The van der Waals surface area contributed by atoms with Crippen LogP contribution in [0, 0.1) is 6.92 Å². The van der Waals surface area contributed by atoms with Crippen LogP contribution >= 0.6 is 0 Å². The molecule has 0 spiro atoms. The third-order valence-electron chi connectivity index (χ3n) is 3.01. The lowest BCUT2D eigenvalue weighted by atomic mass is 10.0. The summed E-state index contributed by atoms with van der Waals surface area (Å²) in [6.45, 7) is 1.87. The van der Waals surface area contributed by atoms with E-state index in [9.17, 15) is 0 Å². The quantitative estimate of drug-likeness (QED) is 0.812. The highest BCUT2D eigenvalue weighted by molar-refractivity contribution is 5.73. The summed E-state index contributed by atoms with van der Waals surface area (Å²) in [5, 5.41) is 0. The molecule has 0 saturated heterocycles. The highest BCUT2D eigenvalue weighted by Crippen LogP contribution is 2.36. The topological polar surface area (TPSA) is 52.0 Å². The van der Waals surface area contributed by atoms with Crippen molar-refractivity contribution >= 4 is 11.1 Å². The number of aryl methyl sites for hydroxylation is 1. The van der Waals surface area contributed by atoms with E-state index in [0.717, 1.165) is 36.3 Å². The van der Waals surface area contributed by atoms with Gasteiger partial charge in [0.1, 0.15) is 5.52 Å². The second kappa shape index (κ2) is 2.83. The molecule has 1 saturated carbocycles. The van der Waals surface area contributed by atoms with Crippen molar-refractivity contribution in [3.8, 4) is 0 Å². The van der Waals surface area contributed by atoms with Crippen LogP contribution in [0.2, 0.25) is 0 Å². The molecule has 2 N–H and O–H groups in total. The van der Waals surface area contributed by atoms with E-state index in [0.29, 0.717) is 0 Å². The van der Waals surface area contributed by atoms with Crippen molar-refractivity contribution in [1.82, 2.24) is 4.98 Å². The molecule has 3 rings (SSSR count). The van der Waals surface area contributed by atoms with Gasteiger partial charge in [-0.05, 0) is 37.0 Å². The van der Waals surface area contributed by atoms with Gasteiger partial charge in [0.2, 0.25) is 0 Å². The van der Waals surface area contributed by atoms with Gasteiger partial charge in [0.25, 0.3) is 0 Å². The average Bonchev–Trinajstić information content (AvgIpc) is 2.76. The van der Waals surface area contributed by atoms with Gasteiger partial charge in [-0.2, -0.15) is 0 Å². The predicted molar refractivity (Wildman–Crippen MR) is 58.6 cm³/mol. The predicted octanol–water partition coefficient (Wildman–Crippen LogP) is 2.17. The maximum atomic E-state index is 6.08. The van der Waals surface area contributed by atoms with Crippen LogP contribution in [0.4, 0.5) is 0 Å². The largest absolute Gasteiger partial charge is 0.441 e. The van der Waals surface area contributed by atoms with Crippen LogP contribution in [0.3, 0.4) is 0 Å². The first-order chi connectivity index (χ1) is 7.15. The zero-order chi connectivity index (χ0) is 10.5. The summed E-state index contributed by atoms with van der Waals surface area (Å²) in [6, 6.07) is 6.16. The zero-order valence-electron chi connectivity index (χ0n) is 8.79. The Morgan fingerprint density at radius 1 is 1.47 bits per heavy atom. The van der Waals surface area contributed by atoms with Crippen LogP contribution < -0.4 is 5.73 Å². The molecule has 1 heterocycles. The number of rotatable bonds is 2. The van der Waals surface area contributed by atoms with Crippen LogP contribution in [-0.4, -0.2) is 10.5 Å². The lowest BCUT2D eigenvalue weighted by Crippen LogP contribution is -2.24. The molecule has 0 unspecified atom stereocenters. The fourth-order valence-electron chi connectivity index (χ4n) is 1.94. The van der Waals surface area contributed by atoms with E-state index in [1.165, 1.54) is 5.56 Å². The molecule has 0 radical (unpaired) electrons. The number of benzene rings is 1. The minimum Gasteiger partial charge on any atom is -0.441 e. The van der Waals surface area contributed by atoms with Gasteiger partial charge in [-0.1, -0.05) is 6.07 Å². The number of hydrogen-bond acceptors (Lipinski definition) is 3. The normalized spacial score (nSPS) is 18.3. The Morgan fingerprint density at radius 2 is 2.27 bits per heavy atom. The molecule has 1 aliphatic carbocycles. The summed E-state index contributed by atoms with van der Waals surface area (Å²) in [6.07, 6.45) is 3.23. The molecule has 3 heteroatoms. The fraction of sp³-hybridized carbons (Fsp3) is 0.417. The van der Waals surface area contributed by atoms with Crippen molar-refractivity contribution in [2.24, 2.45) is 5.73 Å². The van der Waals surface area contributed by atoms with Gasteiger partial charge in [-0.15, -0.1) is 0 Å². The maximum Gasteiger partial charge on any atom is 0.192 e. The summed E-state index contributed by atoms with van der Waals surface area (Å²) in [5.41, 5.74) is 9.19. The number of nitrogens with two attached hydrogens (primary N) is 1. The van der Waals surface area contributed by atoms with Crippen LogP contribution in [-0.2, 0) is 6.42 Å². The Labute approximate surface area is 88.3 Å². The van der Waals surface area contributed by atoms with Crippen molar-refractivity contribution in [3.05, 3.63) is 29.7 Å². The van der Waals surface area contributed by atoms with Crippen LogP contribution in [0.1, 0.15) is 24.3 Å². The molecule has 1 fully saturated rings. The molecular weight excluding hydrogens is 188 g/mol. The molecule has 0 aliphatic heterocycles. The van der Waals surface area contributed by atoms with Gasteiger partial charge < -0.3 is 10.2 Å². The van der Waals surface area contributed by atoms with E-state index in [1.807, 2.05) is 13.0 Å². The van der Waals surface area contributed by atoms with Crippen LogP contribution in [0.5, 0.6) is 0 Å². The average molecular weight is 202 g/mol. The Balaban J connectivity index is 1.98. The number of oxazole rings is 1. The fourth-order valence-corrected chi connectivity index (χ4v) is 1.94. The lowest BCUT2D eigenvalue weighted by Gasteiger charge is -2.07. The second-order valence-corrected chi connectivity index (χ2v) is 4.57. The summed E-state index contributed by atoms with van der Waals surface area (Å²) in [4.78, 5) is 4.27. The number of aromatic nitrogens is 1. The Bertz CT molecular complexity index is 511. The van der Waals surface area contributed by atoms with E-state index in [-0.39, 0.29) is 5.54 Å². The SMILES string of the molecule is Cc1nc2ccc(CC3(N)CC3)cc2o1. The molecule has 1 aromatic heterocycles. The Hall–Kier alpha value is -1.35. The van der Waals surface area contributed by atoms with Gasteiger partial charge in [0, 0.05) is 12.5 Å². The summed E-state index contributed by atoms with van der Waals surface area (Å²) in [5.74, 6) is 0.719. The van der Waals surface area contributed by atoms with Crippen LogP contribution in [0.15, 0.2) is 22.6 Å². The highest BCUT2D eigenvalue weighted by Gasteiger charge is 2.37. The van der Waals surface area contributed by atoms with Gasteiger partial charge in [-0.3, -0.25) is 0 Å². The van der Waals surface area contributed by atoms with E-state index >= 15 is 0 Å². The third-order valence-corrected chi connectivity index (χ3v) is 3.01. The maximum absolute atomic E-state index is 6.08. The summed E-state index contributed by atoms with van der Waals surface area (Å²) < 4.78 is 5.49. The van der Waals surface area contributed by atoms with Gasteiger partial charge in [0.05, 0.1) is 0 Å². The zero-order valence-corrected chi connectivity index (χ0v) is 8.79. The Morgan fingerprint density at radius 3 is 3.00 bits per heavy atom. The molecular formula is C12H14N2O. The molecule has 0 bridgehead atoms. The monoisotopic (exact) mass is 202 g/mol. The summed E-state index contributed by atoms with van der Waals surface area (Å²) >= 11 is 0. The minimum atomic E-state index is 0.0583. The molecule has 3 nitrogen and oxygen atoms in total. The second-order valence-electron chi connectivity index (χ2n) is 4.57. The molecule has 0 amide bonds. The van der Waals surface area contributed by atoms with Crippen molar-refractivity contribution in [1.29, 1.82) is 0 Å². The van der Waals surface area contributed by atoms with E-state index in [4.69, 9.17) is 10.2 Å². The van der Waals surface area contributed by atoms with E-state index < -0.39 is 0 Å². The summed E-state index contributed by atoms with van der Waals surface area (Å²) in [7, 11) is 0. The lowest BCUT2D eigenvalue weighted by molar-refractivity contribution is 0.560. The molecule has 15 heavy (non-hydrogen) atoms. The van der Waals surface area contributed by atoms with Crippen molar-refractivity contribution in [3.63, 3.8) is 0 Å². The molecule has 78 valence electrons. The first-order valence-electron chi connectivity index (χ1n) is 5.30. The highest BCUT2D eigenvalue weighted by atomic mass is 16.3. The van der Waals surface area contributed by atoms with E-state index in [1.54, 1.807) is 0 Å². The van der Waals surface area contributed by atoms with Gasteiger partial charge in [0.15, 0.2) is 11.5 Å². The van der Waals surface area contributed by atoms with Gasteiger partial charge in [-0.25, -0.2) is 4.98 Å². The number of hydrogen-bond donors (Lipinski definition) is 1. The first kappa shape index (κ1) is 8.92. The van der Waals surface area contributed by atoms with Crippen molar-refractivity contribution in [2.45, 2.75) is 31.7 Å².